The van der Waals surface area contributed by atoms with Crippen LogP contribution < -0.4 is 10.1 Å². The van der Waals surface area contributed by atoms with Crippen LogP contribution in [-0.2, 0) is 4.74 Å². The van der Waals surface area contributed by atoms with E-state index in [2.05, 4.69) is 17.2 Å². The third-order valence-electron chi connectivity index (χ3n) is 2.96. The van der Waals surface area contributed by atoms with Gasteiger partial charge in [-0.3, -0.25) is 0 Å². The fraction of sp³-hybridized carbons (Fsp3) is 0.643. The van der Waals surface area contributed by atoms with Crippen molar-refractivity contribution in [1.82, 2.24) is 4.98 Å². The number of rotatable bonds is 4. The maximum absolute atomic E-state index is 5.71. The lowest BCUT2D eigenvalue weighted by molar-refractivity contribution is 0.0231. The maximum atomic E-state index is 5.71. The molecular weight excluding hydrogens is 228 g/mol. The fourth-order valence-electron chi connectivity index (χ4n) is 2.17. The molecule has 4 heteroatoms. The maximum Gasteiger partial charge on any atom is 0.237 e. The van der Waals surface area contributed by atoms with Crippen LogP contribution in [0.4, 0.5) is 5.69 Å². The molecule has 0 saturated carbocycles. The van der Waals surface area contributed by atoms with Crippen molar-refractivity contribution in [2.45, 2.75) is 51.9 Å². The molecule has 2 unspecified atom stereocenters. The average molecular weight is 250 g/mol. The zero-order valence-corrected chi connectivity index (χ0v) is 11.3. The first-order valence-corrected chi connectivity index (χ1v) is 6.65. The summed E-state index contributed by atoms with van der Waals surface area (Å²) in [6, 6.07) is 4.39. The van der Waals surface area contributed by atoms with Crippen molar-refractivity contribution in [3.63, 3.8) is 0 Å². The van der Waals surface area contributed by atoms with Crippen molar-refractivity contribution in [2.24, 2.45) is 0 Å². The van der Waals surface area contributed by atoms with E-state index in [0.29, 0.717) is 18.0 Å². The molecule has 0 amide bonds. The molecule has 1 aromatic heterocycles. The summed E-state index contributed by atoms with van der Waals surface area (Å²) in [5.74, 6) is 0.687. The summed E-state index contributed by atoms with van der Waals surface area (Å²) in [6.07, 6.45) is 4.27. The first-order chi connectivity index (χ1) is 8.65. The summed E-state index contributed by atoms with van der Waals surface area (Å²) >= 11 is 0. The van der Waals surface area contributed by atoms with Crippen LogP contribution in [0.5, 0.6) is 5.88 Å². The Bertz CT molecular complexity index is 382. The highest BCUT2D eigenvalue weighted by molar-refractivity contribution is 5.52. The highest BCUT2D eigenvalue weighted by Crippen LogP contribution is 2.25. The molecule has 1 aliphatic rings. The van der Waals surface area contributed by atoms with E-state index in [1.165, 1.54) is 0 Å². The van der Waals surface area contributed by atoms with Crippen LogP contribution in [0, 0.1) is 0 Å². The molecule has 1 fully saturated rings. The number of anilines is 1. The topological polar surface area (TPSA) is 43.4 Å². The number of ether oxygens (including phenoxy) is 2. The lowest BCUT2D eigenvalue weighted by Crippen LogP contribution is -2.32. The SMILES string of the molecule is CC(C)Oc1ncccc1NC1CCOC(C)C1. The number of nitrogens with one attached hydrogen (secondary N) is 1. The van der Waals surface area contributed by atoms with Crippen LogP contribution in [0.2, 0.25) is 0 Å². The number of hydrogen-bond acceptors (Lipinski definition) is 4. The molecule has 1 aliphatic heterocycles. The molecule has 1 aromatic rings. The Hall–Kier alpha value is -1.29. The van der Waals surface area contributed by atoms with Gasteiger partial charge in [0, 0.05) is 18.8 Å². The summed E-state index contributed by atoms with van der Waals surface area (Å²) in [4.78, 5) is 4.29. The molecule has 2 atom stereocenters. The Morgan fingerprint density at radius 3 is 3.06 bits per heavy atom. The van der Waals surface area contributed by atoms with Crippen LogP contribution in [-0.4, -0.2) is 29.8 Å². The van der Waals surface area contributed by atoms with Gasteiger partial charge in [-0.1, -0.05) is 0 Å². The van der Waals surface area contributed by atoms with Gasteiger partial charge < -0.3 is 14.8 Å². The Morgan fingerprint density at radius 1 is 1.50 bits per heavy atom. The lowest BCUT2D eigenvalue weighted by Gasteiger charge is -2.29. The highest BCUT2D eigenvalue weighted by Gasteiger charge is 2.20. The predicted octanol–water partition coefficient (Wildman–Crippen LogP) is 2.85. The smallest absolute Gasteiger partial charge is 0.237 e. The number of pyridine rings is 1. The average Bonchev–Trinajstić information content (AvgIpc) is 2.31. The Morgan fingerprint density at radius 2 is 2.33 bits per heavy atom. The van der Waals surface area contributed by atoms with E-state index in [1.54, 1.807) is 6.20 Å². The van der Waals surface area contributed by atoms with Gasteiger partial charge in [-0.25, -0.2) is 4.98 Å². The van der Waals surface area contributed by atoms with Crippen molar-refractivity contribution in [2.75, 3.05) is 11.9 Å². The van der Waals surface area contributed by atoms with Crippen molar-refractivity contribution in [3.05, 3.63) is 18.3 Å². The number of hydrogen-bond donors (Lipinski definition) is 1. The van der Waals surface area contributed by atoms with Crippen molar-refractivity contribution < 1.29 is 9.47 Å². The highest BCUT2D eigenvalue weighted by atomic mass is 16.5. The van der Waals surface area contributed by atoms with Gasteiger partial charge in [0.05, 0.1) is 17.9 Å². The molecule has 0 aliphatic carbocycles. The van der Waals surface area contributed by atoms with Gasteiger partial charge in [0.1, 0.15) is 0 Å². The zero-order chi connectivity index (χ0) is 13.0. The minimum atomic E-state index is 0.133. The Labute approximate surface area is 109 Å². The first kappa shape index (κ1) is 13.1. The minimum absolute atomic E-state index is 0.133. The minimum Gasteiger partial charge on any atom is -0.473 e. The molecule has 100 valence electrons. The van der Waals surface area contributed by atoms with Gasteiger partial charge in [-0.2, -0.15) is 0 Å². The van der Waals surface area contributed by atoms with Crippen molar-refractivity contribution in [1.29, 1.82) is 0 Å². The molecule has 18 heavy (non-hydrogen) atoms. The predicted molar refractivity (Wildman–Crippen MR) is 72.1 cm³/mol. The molecule has 1 saturated heterocycles. The summed E-state index contributed by atoms with van der Waals surface area (Å²) in [6.45, 7) is 6.95. The molecule has 2 heterocycles. The Kier molecular flexibility index (Phi) is 4.42. The molecule has 2 rings (SSSR count). The monoisotopic (exact) mass is 250 g/mol. The molecule has 4 nitrogen and oxygen atoms in total. The van der Waals surface area contributed by atoms with E-state index in [4.69, 9.17) is 9.47 Å². The number of nitrogens with zero attached hydrogens (tertiary/aromatic N) is 1. The van der Waals surface area contributed by atoms with Crippen molar-refractivity contribution >= 4 is 5.69 Å². The van der Waals surface area contributed by atoms with Crippen molar-refractivity contribution in [3.8, 4) is 5.88 Å². The standard InChI is InChI=1S/C14H22N2O2/c1-10(2)18-14-13(5-4-7-15-14)16-12-6-8-17-11(3)9-12/h4-5,7,10-12,16H,6,8-9H2,1-3H3. The Balaban J connectivity index is 2.03. The van der Waals surface area contributed by atoms with E-state index in [1.807, 2.05) is 26.0 Å². The summed E-state index contributed by atoms with van der Waals surface area (Å²) in [5, 5.41) is 3.52. The molecule has 0 aromatic carbocycles. The van der Waals surface area contributed by atoms with Gasteiger partial charge in [0.2, 0.25) is 5.88 Å². The number of aromatic nitrogens is 1. The van der Waals surface area contributed by atoms with E-state index < -0.39 is 0 Å². The molecule has 0 spiro atoms. The van der Waals surface area contributed by atoms with E-state index in [9.17, 15) is 0 Å². The second-order valence-electron chi connectivity index (χ2n) is 5.07. The third kappa shape index (κ3) is 3.60. The van der Waals surface area contributed by atoms with Crippen LogP contribution in [0.25, 0.3) is 0 Å². The van der Waals surface area contributed by atoms with Gasteiger partial charge in [0.25, 0.3) is 0 Å². The van der Waals surface area contributed by atoms with Crippen LogP contribution in [0.1, 0.15) is 33.6 Å². The third-order valence-corrected chi connectivity index (χ3v) is 2.96. The molecule has 0 bridgehead atoms. The van der Waals surface area contributed by atoms with E-state index >= 15 is 0 Å². The van der Waals surface area contributed by atoms with E-state index in [-0.39, 0.29) is 6.10 Å². The van der Waals surface area contributed by atoms with Crippen LogP contribution in [0.3, 0.4) is 0 Å². The van der Waals surface area contributed by atoms with Gasteiger partial charge in [0.15, 0.2) is 0 Å². The first-order valence-electron chi connectivity index (χ1n) is 6.65. The largest absolute Gasteiger partial charge is 0.473 e. The quantitative estimate of drug-likeness (QED) is 0.892. The fourth-order valence-corrected chi connectivity index (χ4v) is 2.17. The lowest BCUT2D eigenvalue weighted by atomic mass is 10.0. The zero-order valence-electron chi connectivity index (χ0n) is 11.3. The van der Waals surface area contributed by atoms with Crippen LogP contribution in [0.15, 0.2) is 18.3 Å². The van der Waals surface area contributed by atoms with Gasteiger partial charge >= 0.3 is 0 Å². The normalized spacial score (nSPS) is 24.0. The van der Waals surface area contributed by atoms with E-state index in [0.717, 1.165) is 25.1 Å². The van der Waals surface area contributed by atoms with Gasteiger partial charge in [-0.15, -0.1) is 0 Å². The van der Waals surface area contributed by atoms with Gasteiger partial charge in [-0.05, 0) is 45.7 Å². The second-order valence-corrected chi connectivity index (χ2v) is 5.07. The summed E-state index contributed by atoms with van der Waals surface area (Å²) < 4.78 is 11.3. The second kappa shape index (κ2) is 6.05. The molecule has 0 radical (unpaired) electrons. The van der Waals surface area contributed by atoms with Crippen LogP contribution >= 0.6 is 0 Å². The molecule has 1 N–H and O–H groups in total. The summed E-state index contributed by atoms with van der Waals surface area (Å²) in [7, 11) is 0. The molecular formula is C14H22N2O2. The summed E-state index contributed by atoms with van der Waals surface area (Å²) in [5.41, 5.74) is 0.977.